The van der Waals surface area contributed by atoms with Crippen LogP contribution in [0.3, 0.4) is 0 Å². The summed E-state index contributed by atoms with van der Waals surface area (Å²) < 4.78 is 1.64. The quantitative estimate of drug-likeness (QED) is 0.885. The summed E-state index contributed by atoms with van der Waals surface area (Å²) in [7, 11) is 3.52. The number of aliphatic hydroxyl groups is 1. The van der Waals surface area contributed by atoms with Crippen LogP contribution in [0.2, 0.25) is 0 Å². The SMILES string of the molecule is CC(O)CCN(C)C(=O)c1ccc2nnn(C)c2c1. The number of hydrogen-bond donors (Lipinski definition) is 1. The van der Waals surface area contributed by atoms with E-state index in [9.17, 15) is 9.90 Å². The fourth-order valence-corrected chi connectivity index (χ4v) is 1.87. The average molecular weight is 262 g/mol. The van der Waals surface area contributed by atoms with Crippen LogP contribution in [0.25, 0.3) is 11.0 Å². The Kier molecular flexibility index (Phi) is 3.80. The molecule has 1 atom stereocenters. The summed E-state index contributed by atoms with van der Waals surface area (Å²) in [5.41, 5.74) is 2.20. The number of aromatic nitrogens is 3. The van der Waals surface area contributed by atoms with Crippen molar-refractivity contribution in [2.75, 3.05) is 13.6 Å². The van der Waals surface area contributed by atoms with Crippen LogP contribution in [0.1, 0.15) is 23.7 Å². The lowest BCUT2D eigenvalue weighted by Gasteiger charge is -2.18. The van der Waals surface area contributed by atoms with E-state index in [2.05, 4.69) is 10.3 Å². The molecule has 102 valence electrons. The van der Waals surface area contributed by atoms with Crippen LogP contribution in [0, 0.1) is 0 Å². The second-order valence-electron chi connectivity index (χ2n) is 4.78. The van der Waals surface area contributed by atoms with E-state index in [-0.39, 0.29) is 5.91 Å². The number of carbonyl (C=O) groups excluding carboxylic acids is 1. The van der Waals surface area contributed by atoms with Crippen LogP contribution < -0.4 is 0 Å². The average Bonchev–Trinajstić information content (AvgIpc) is 2.76. The van der Waals surface area contributed by atoms with Gasteiger partial charge >= 0.3 is 0 Å². The molecule has 0 bridgehead atoms. The predicted molar refractivity (Wildman–Crippen MR) is 71.8 cm³/mol. The molecule has 6 heteroatoms. The standard InChI is InChI=1S/C13H18N4O2/c1-9(18)6-7-16(2)13(19)10-4-5-11-12(8-10)17(3)15-14-11/h4-5,8-9,18H,6-7H2,1-3H3. The Morgan fingerprint density at radius 2 is 2.26 bits per heavy atom. The number of aryl methyl sites for hydroxylation is 1. The maximum absolute atomic E-state index is 12.2. The van der Waals surface area contributed by atoms with E-state index >= 15 is 0 Å². The molecule has 1 amide bonds. The lowest BCUT2D eigenvalue weighted by molar-refractivity contribution is 0.0769. The second-order valence-corrected chi connectivity index (χ2v) is 4.78. The Morgan fingerprint density at radius 3 is 2.95 bits per heavy atom. The van der Waals surface area contributed by atoms with Crippen molar-refractivity contribution in [1.82, 2.24) is 19.9 Å². The normalized spacial score (nSPS) is 12.6. The number of rotatable bonds is 4. The molecule has 1 N–H and O–H groups in total. The van der Waals surface area contributed by atoms with E-state index in [0.717, 1.165) is 11.0 Å². The van der Waals surface area contributed by atoms with Crippen molar-refractivity contribution >= 4 is 16.9 Å². The maximum Gasteiger partial charge on any atom is 0.253 e. The summed E-state index contributed by atoms with van der Waals surface area (Å²) in [6.45, 7) is 2.24. The van der Waals surface area contributed by atoms with Crippen molar-refractivity contribution in [3.8, 4) is 0 Å². The zero-order chi connectivity index (χ0) is 14.0. The van der Waals surface area contributed by atoms with E-state index in [4.69, 9.17) is 0 Å². The van der Waals surface area contributed by atoms with Crippen LogP contribution >= 0.6 is 0 Å². The zero-order valence-corrected chi connectivity index (χ0v) is 11.4. The van der Waals surface area contributed by atoms with E-state index in [1.54, 1.807) is 48.8 Å². The maximum atomic E-state index is 12.2. The van der Waals surface area contributed by atoms with Gasteiger partial charge in [0.15, 0.2) is 0 Å². The Balaban J connectivity index is 2.18. The van der Waals surface area contributed by atoms with Gasteiger partial charge in [0.2, 0.25) is 0 Å². The lowest BCUT2D eigenvalue weighted by atomic mass is 10.1. The van der Waals surface area contributed by atoms with Gasteiger partial charge in [0.1, 0.15) is 5.52 Å². The van der Waals surface area contributed by atoms with Crippen LogP contribution in [0.15, 0.2) is 18.2 Å². The van der Waals surface area contributed by atoms with E-state index in [1.165, 1.54) is 0 Å². The minimum atomic E-state index is -0.404. The summed E-state index contributed by atoms with van der Waals surface area (Å²) in [4.78, 5) is 13.8. The van der Waals surface area contributed by atoms with Gasteiger partial charge in [-0.25, -0.2) is 4.68 Å². The van der Waals surface area contributed by atoms with Gasteiger partial charge in [-0.3, -0.25) is 4.79 Å². The topological polar surface area (TPSA) is 71.2 Å². The molecule has 0 aliphatic rings. The minimum Gasteiger partial charge on any atom is -0.393 e. The van der Waals surface area contributed by atoms with Gasteiger partial charge in [-0.2, -0.15) is 0 Å². The lowest BCUT2D eigenvalue weighted by Crippen LogP contribution is -2.29. The number of amides is 1. The third-order valence-corrected chi connectivity index (χ3v) is 3.09. The summed E-state index contributed by atoms with van der Waals surface area (Å²) in [6, 6.07) is 5.33. The van der Waals surface area contributed by atoms with Crippen molar-refractivity contribution < 1.29 is 9.90 Å². The smallest absolute Gasteiger partial charge is 0.253 e. The molecule has 0 aliphatic carbocycles. The molecule has 19 heavy (non-hydrogen) atoms. The van der Waals surface area contributed by atoms with Gasteiger partial charge < -0.3 is 10.0 Å². The highest BCUT2D eigenvalue weighted by atomic mass is 16.3. The summed E-state index contributed by atoms with van der Waals surface area (Å²) in [6.07, 6.45) is 0.164. The molecule has 0 saturated carbocycles. The molecule has 0 aliphatic heterocycles. The van der Waals surface area contributed by atoms with Crippen LogP contribution in [0.5, 0.6) is 0 Å². The Morgan fingerprint density at radius 1 is 1.53 bits per heavy atom. The summed E-state index contributed by atoms with van der Waals surface area (Å²) in [5, 5.41) is 17.1. The number of hydrogen-bond acceptors (Lipinski definition) is 4. The van der Waals surface area contributed by atoms with E-state index < -0.39 is 6.10 Å². The largest absolute Gasteiger partial charge is 0.393 e. The highest BCUT2D eigenvalue weighted by Gasteiger charge is 2.14. The van der Waals surface area contributed by atoms with Crippen LogP contribution in [-0.4, -0.2) is 50.6 Å². The van der Waals surface area contributed by atoms with E-state index in [0.29, 0.717) is 18.5 Å². The first-order valence-corrected chi connectivity index (χ1v) is 6.22. The fourth-order valence-electron chi connectivity index (χ4n) is 1.87. The molecular weight excluding hydrogens is 244 g/mol. The van der Waals surface area contributed by atoms with Crippen molar-refractivity contribution in [3.63, 3.8) is 0 Å². The van der Waals surface area contributed by atoms with Crippen LogP contribution in [0.4, 0.5) is 0 Å². The molecule has 1 heterocycles. The van der Waals surface area contributed by atoms with Gasteiger partial charge in [-0.05, 0) is 31.5 Å². The third-order valence-electron chi connectivity index (χ3n) is 3.09. The first-order valence-electron chi connectivity index (χ1n) is 6.22. The molecule has 2 aromatic rings. The Bertz CT molecular complexity index is 591. The predicted octanol–water partition coefficient (Wildman–Crippen LogP) is 0.811. The van der Waals surface area contributed by atoms with Crippen molar-refractivity contribution in [1.29, 1.82) is 0 Å². The highest BCUT2D eigenvalue weighted by Crippen LogP contribution is 2.14. The first-order chi connectivity index (χ1) is 8.99. The minimum absolute atomic E-state index is 0.0660. The summed E-state index contributed by atoms with van der Waals surface area (Å²) in [5.74, 6) is -0.0660. The molecule has 2 rings (SSSR count). The highest BCUT2D eigenvalue weighted by molar-refractivity contribution is 5.97. The Hall–Kier alpha value is -1.95. The monoisotopic (exact) mass is 262 g/mol. The number of benzene rings is 1. The molecule has 1 unspecified atom stereocenters. The van der Waals surface area contributed by atoms with Crippen molar-refractivity contribution in [2.24, 2.45) is 7.05 Å². The van der Waals surface area contributed by atoms with Gasteiger partial charge in [0.25, 0.3) is 5.91 Å². The molecule has 0 radical (unpaired) electrons. The Labute approximate surface area is 111 Å². The van der Waals surface area contributed by atoms with Crippen LogP contribution in [-0.2, 0) is 7.05 Å². The molecular formula is C13H18N4O2. The van der Waals surface area contributed by atoms with Gasteiger partial charge in [-0.15, -0.1) is 5.10 Å². The summed E-state index contributed by atoms with van der Waals surface area (Å²) >= 11 is 0. The van der Waals surface area contributed by atoms with E-state index in [1.807, 2.05) is 0 Å². The van der Waals surface area contributed by atoms with Crippen molar-refractivity contribution in [2.45, 2.75) is 19.4 Å². The van der Waals surface area contributed by atoms with Gasteiger partial charge in [-0.1, -0.05) is 5.21 Å². The molecule has 0 fully saturated rings. The van der Waals surface area contributed by atoms with Gasteiger partial charge in [0, 0.05) is 26.2 Å². The molecule has 0 saturated heterocycles. The number of carbonyl (C=O) groups is 1. The van der Waals surface area contributed by atoms with Crippen molar-refractivity contribution in [3.05, 3.63) is 23.8 Å². The second kappa shape index (κ2) is 5.36. The fraction of sp³-hybridized carbons (Fsp3) is 0.462. The molecule has 1 aromatic carbocycles. The first kappa shape index (κ1) is 13.5. The molecule has 0 spiro atoms. The number of aliphatic hydroxyl groups excluding tert-OH is 1. The number of fused-ring (bicyclic) bond motifs is 1. The molecule has 6 nitrogen and oxygen atoms in total. The zero-order valence-electron chi connectivity index (χ0n) is 11.4. The number of nitrogens with zero attached hydrogens (tertiary/aromatic N) is 4. The molecule has 1 aromatic heterocycles. The van der Waals surface area contributed by atoms with Gasteiger partial charge in [0.05, 0.1) is 11.6 Å². The third kappa shape index (κ3) is 2.90.